The molecule has 14 heavy (non-hydrogen) atoms. The van der Waals surface area contributed by atoms with Gasteiger partial charge in [-0.3, -0.25) is 4.79 Å². The quantitative estimate of drug-likeness (QED) is 0.719. The normalized spacial score (nSPS) is 9.43. The lowest BCUT2D eigenvalue weighted by Crippen LogP contribution is -2.24. The standard InChI is InChI=1S/C9H10N2O2S/c10-6-7-2-5-14-8(7)9(13)11-3-1-4-12/h2,5,12H,1,3-4H2,(H,11,13). The minimum Gasteiger partial charge on any atom is -0.396 e. The number of carbonyl (C=O) groups excluding carboxylic acids is 1. The van der Waals surface area contributed by atoms with Gasteiger partial charge in [-0.25, -0.2) is 0 Å². The number of amides is 1. The lowest BCUT2D eigenvalue weighted by Gasteiger charge is -2.01. The van der Waals surface area contributed by atoms with Gasteiger partial charge in [-0.2, -0.15) is 5.26 Å². The minimum absolute atomic E-state index is 0.0514. The fourth-order valence-corrected chi connectivity index (χ4v) is 1.69. The first-order valence-corrected chi connectivity index (χ1v) is 5.04. The number of carbonyl (C=O) groups is 1. The van der Waals surface area contributed by atoms with Gasteiger partial charge in [-0.05, 0) is 17.9 Å². The molecule has 0 saturated carbocycles. The van der Waals surface area contributed by atoms with Gasteiger partial charge in [0, 0.05) is 13.2 Å². The molecule has 0 aliphatic heterocycles. The number of thiophene rings is 1. The number of nitrogens with zero attached hydrogens (tertiary/aromatic N) is 1. The summed E-state index contributed by atoms with van der Waals surface area (Å²) in [6.45, 7) is 0.480. The highest BCUT2D eigenvalue weighted by molar-refractivity contribution is 7.12. The average Bonchev–Trinajstić information content (AvgIpc) is 2.65. The fraction of sp³-hybridized carbons (Fsp3) is 0.333. The molecule has 1 amide bonds. The van der Waals surface area contributed by atoms with Crippen LogP contribution >= 0.6 is 11.3 Å². The van der Waals surface area contributed by atoms with E-state index < -0.39 is 0 Å². The van der Waals surface area contributed by atoms with Crippen molar-refractivity contribution in [1.82, 2.24) is 5.32 Å². The minimum atomic E-state index is -0.245. The third-order valence-corrected chi connectivity index (χ3v) is 2.53. The molecule has 1 aromatic heterocycles. The van der Waals surface area contributed by atoms with Crippen LogP contribution in [0.2, 0.25) is 0 Å². The Balaban J connectivity index is 2.57. The highest BCUT2D eigenvalue weighted by Gasteiger charge is 2.11. The van der Waals surface area contributed by atoms with Crippen LogP contribution in [0, 0.1) is 11.3 Å². The molecule has 2 N–H and O–H groups in total. The lowest BCUT2D eigenvalue weighted by molar-refractivity contribution is 0.0955. The second-order valence-corrected chi connectivity index (χ2v) is 3.52. The molecule has 1 aromatic rings. The monoisotopic (exact) mass is 210 g/mol. The number of hydrogen-bond donors (Lipinski definition) is 2. The van der Waals surface area contributed by atoms with Gasteiger partial charge in [0.25, 0.3) is 5.91 Å². The van der Waals surface area contributed by atoms with Crippen LogP contribution in [0.25, 0.3) is 0 Å². The van der Waals surface area contributed by atoms with Gasteiger partial charge < -0.3 is 10.4 Å². The molecule has 4 nitrogen and oxygen atoms in total. The molecule has 1 rings (SSSR count). The zero-order valence-corrected chi connectivity index (χ0v) is 8.30. The molecule has 5 heteroatoms. The molecule has 0 bridgehead atoms. The van der Waals surface area contributed by atoms with E-state index in [4.69, 9.17) is 10.4 Å². The number of nitriles is 1. The Labute approximate surface area is 85.8 Å². The second kappa shape index (κ2) is 5.37. The van der Waals surface area contributed by atoms with Gasteiger partial charge in [0.15, 0.2) is 0 Å². The number of hydrogen-bond acceptors (Lipinski definition) is 4. The van der Waals surface area contributed by atoms with Gasteiger partial charge in [-0.15, -0.1) is 11.3 Å². The van der Waals surface area contributed by atoms with Gasteiger partial charge >= 0.3 is 0 Å². The Morgan fingerprint density at radius 3 is 3.14 bits per heavy atom. The van der Waals surface area contributed by atoms with Crippen molar-refractivity contribution in [2.45, 2.75) is 6.42 Å². The molecule has 0 aromatic carbocycles. The molecular weight excluding hydrogens is 200 g/mol. The van der Waals surface area contributed by atoms with Crippen LogP contribution < -0.4 is 5.32 Å². The van der Waals surface area contributed by atoms with Gasteiger partial charge in [0.1, 0.15) is 10.9 Å². The van der Waals surface area contributed by atoms with Crippen molar-refractivity contribution in [1.29, 1.82) is 5.26 Å². The van der Waals surface area contributed by atoms with Crippen LogP contribution in [-0.2, 0) is 0 Å². The maximum absolute atomic E-state index is 11.4. The van der Waals surface area contributed by atoms with E-state index >= 15 is 0 Å². The van der Waals surface area contributed by atoms with E-state index in [1.165, 1.54) is 11.3 Å². The number of aliphatic hydroxyl groups is 1. The first-order chi connectivity index (χ1) is 6.79. The summed E-state index contributed by atoms with van der Waals surface area (Å²) in [6, 6.07) is 3.56. The largest absolute Gasteiger partial charge is 0.396 e. The summed E-state index contributed by atoms with van der Waals surface area (Å²) in [4.78, 5) is 11.9. The molecule has 0 atom stereocenters. The molecule has 0 aliphatic rings. The summed E-state index contributed by atoms with van der Waals surface area (Å²) < 4.78 is 0. The Kier molecular flexibility index (Phi) is 4.11. The zero-order chi connectivity index (χ0) is 10.4. The second-order valence-electron chi connectivity index (χ2n) is 2.61. The molecule has 0 unspecified atom stereocenters. The van der Waals surface area contributed by atoms with E-state index in [1.54, 1.807) is 11.4 Å². The molecule has 0 saturated heterocycles. The third-order valence-electron chi connectivity index (χ3n) is 1.61. The maximum Gasteiger partial charge on any atom is 0.262 e. The topological polar surface area (TPSA) is 73.1 Å². The maximum atomic E-state index is 11.4. The van der Waals surface area contributed by atoms with Crippen LogP contribution in [0.4, 0.5) is 0 Å². The molecule has 0 aliphatic carbocycles. The van der Waals surface area contributed by atoms with E-state index in [9.17, 15) is 4.79 Å². The van der Waals surface area contributed by atoms with Crippen LogP contribution in [0.1, 0.15) is 21.7 Å². The smallest absolute Gasteiger partial charge is 0.262 e. The van der Waals surface area contributed by atoms with Crippen molar-refractivity contribution in [3.63, 3.8) is 0 Å². The Hall–Kier alpha value is -1.38. The van der Waals surface area contributed by atoms with Gasteiger partial charge in [0.2, 0.25) is 0 Å². The highest BCUT2D eigenvalue weighted by Crippen LogP contribution is 2.15. The van der Waals surface area contributed by atoms with Crippen LogP contribution in [0.5, 0.6) is 0 Å². The summed E-state index contributed by atoms with van der Waals surface area (Å²) in [5, 5.41) is 21.5. The summed E-state index contributed by atoms with van der Waals surface area (Å²) in [6.07, 6.45) is 0.527. The average molecular weight is 210 g/mol. The molecule has 0 radical (unpaired) electrons. The number of nitrogens with one attached hydrogen (secondary N) is 1. The first kappa shape index (κ1) is 10.7. The summed E-state index contributed by atoms with van der Waals surface area (Å²) in [5.41, 5.74) is 0.400. The van der Waals surface area contributed by atoms with Gasteiger partial charge in [-0.1, -0.05) is 0 Å². The Morgan fingerprint density at radius 2 is 2.50 bits per heavy atom. The molecule has 0 fully saturated rings. The molecule has 1 heterocycles. The van der Waals surface area contributed by atoms with Crippen molar-refractivity contribution < 1.29 is 9.90 Å². The Morgan fingerprint density at radius 1 is 1.71 bits per heavy atom. The fourth-order valence-electron chi connectivity index (χ4n) is 0.934. The molecular formula is C9H10N2O2S. The predicted molar refractivity (Wildman–Crippen MR) is 53.1 cm³/mol. The third kappa shape index (κ3) is 2.55. The van der Waals surface area contributed by atoms with E-state index in [0.29, 0.717) is 23.4 Å². The molecule has 74 valence electrons. The highest BCUT2D eigenvalue weighted by atomic mass is 32.1. The van der Waals surface area contributed by atoms with E-state index in [2.05, 4.69) is 5.32 Å². The van der Waals surface area contributed by atoms with E-state index in [1.807, 2.05) is 6.07 Å². The van der Waals surface area contributed by atoms with Crippen molar-refractivity contribution >= 4 is 17.2 Å². The van der Waals surface area contributed by atoms with Crippen molar-refractivity contribution in [3.05, 3.63) is 21.9 Å². The van der Waals surface area contributed by atoms with E-state index in [0.717, 1.165) is 0 Å². The number of aliphatic hydroxyl groups excluding tert-OH is 1. The zero-order valence-electron chi connectivity index (χ0n) is 7.49. The van der Waals surface area contributed by atoms with Gasteiger partial charge in [0.05, 0.1) is 5.56 Å². The Bertz CT molecular complexity index is 354. The lowest BCUT2D eigenvalue weighted by atomic mass is 10.2. The predicted octanol–water partition coefficient (Wildman–Crippen LogP) is 0.732. The van der Waals surface area contributed by atoms with Crippen molar-refractivity contribution in [2.75, 3.05) is 13.2 Å². The van der Waals surface area contributed by atoms with Crippen molar-refractivity contribution in [2.24, 2.45) is 0 Å². The molecule has 0 spiro atoms. The van der Waals surface area contributed by atoms with Crippen LogP contribution in [-0.4, -0.2) is 24.2 Å². The summed E-state index contributed by atoms with van der Waals surface area (Å²) in [5.74, 6) is -0.245. The number of rotatable bonds is 4. The van der Waals surface area contributed by atoms with Crippen molar-refractivity contribution in [3.8, 4) is 6.07 Å². The van der Waals surface area contributed by atoms with Crippen LogP contribution in [0.3, 0.4) is 0 Å². The first-order valence-electron chi connectivity index (χ1n) is 4.16. The summed E-state index contributed by atoms with van der Waals surface area (Å²) in [7, 11) is 0. The van der Waals surface area contributed by atoms with E-state index in [-0.39, 0.29) is 12.5 Å². The summed E-state index contributed by atoms with van der Waals surface area (Å²) >= 11 is 1.24. The van der Waals surface area contributed by atoms with Crippen LogP contribution in [0.15, 0.2) is 11.4 Å². The SMILES string of the molecule is N#Cc1ccsc1C(=O)NCCCO.